The third kappa shape index (κ3) is 5.19. The van der Waals surface area contributed by atoms with Crippen molar-refractivity contribution < 1.29 is 4.79 Å². The van der Waals surface area contributed by atoms with Crippen molar-refractivity contribution in [3.05, 3.63) is 44.9 Å². The number of amides is 1. The smallest absolute Gasteiger partial charge is 0.226 e. The summed E-state index contributed by atoms with van der Waals surface area (Å²) in [4.78, 5) is 17.2. The van der Waals surface area contributed by atoms with Gasteiger partial charge in [0.1, 0.15) is 0 Å². The highest BCUT2D eigenvalue weighted by Crippen LogP contribution is 2.23. The number of anilines is 1. The number of carbonyl (C=O) groups excluding carboxylic acids is 1. The molecule has 2 rings (SSSR count). The molecule has 0 fully saturated rings. The predicted molar refractivity (Wildman–Crippen MR) is 95.6 cm³/mol. The Kier molecular flexibility index (Phi) is 6.54. The molecule has 4 nitrogen and oxygen atoms in total. The molecular weight excluding hydrogens is 362 g/mol. The molecule has 0 atom stereocenters. The highest BCUT2D eigenvalue weighted by Gasteiger charge is 2.07. The molecule has 1 aromatic carbocycles. The monoisotopic (exact) mass is 381 g/mol. The van der Waals surface area contributed by atoms with Crippen molar-refractivity contribution in [3.8, 4) is 0 Å². The summed E-state index contributed by atoms with van der Waals surface area (Å²) in [6, 6.07) is 6.34. The second kappa shape index (κ2) is 8.41. The minimum absolute atomic E-state index is 0.0237. The van der Waals surface area contributed by atoms with Crippen LogP contribution in [0.1, 0.15) is 28.8 Å². The quantitative estimate of drug-likeness (QED) is 0.718. The van der Waals surface area contributed by atoms with E-state index in [9.17, 15) is 4.79 Å². The molecule has 0 aliphatic carbocycles. The van der Waals surface area contributed by atoms with E-state index in [0.29, 0.717) is 11.6 Å². The van der Waals surface area contributed by atoms with Gasteiger partial charge in [0, 0.05) is 28.4 Å². The molecule has 6 heteroatoms. The average Bonchev–Trinajstić information content (AvgIpc) is 2.90. The number of hydrogen-bond acceptors (Lipinski definition) is 4. The molecule has 0 saturated carbocycles. The molecule has 0 saturated heterocycles. The Bertz CT molecular complexity index is 642. The Balaban J connectivity index is 1.90. The van der Waals surface area contributed by atoms with Gasteiger partial charge >= 0.3 is 0 Å². The van der Waals surface area contributed by atoms with Gasteiger partial charge in [0.25, 0.3) is 0 Å². The van der Waals surface area contributed by atoms with Gasteiger partial charge in [0.15, 0.2) is 5.13 Å². The Morgan fingerprint density at radius 2 is 2.23 bits per heavy atom. The number of carbonyl (C=O) groups is 1. The van der Waals surface area contributed by atoms with E-state index in [1.807, 2.05) is 13.2 Å². The molecule has 0 unspecified atom stereocenters. The van der Waals surface area contributed by atoms with Gasteiger partial charge in [0.05, 0.1) is 0 Å². The zero-order chi connectivity index (χ0) is 15.9. The van der Waals surface area contributed by atoms with Crippen molar-refractivity contribution in [2.24, 2.45) is 0 Å². The molecular formula is C16H20BrN3OS. The lowest BCUT2D eigenvalue weighted by Crippen LogP contribution is -2.14. The topological polar surface area (TPSA) is 54.0 Å². The third-order valence-corrected chi connectivity index (χ3v) is 5.03. The van der Waals surface area contributed by atoms with Gasteiger partial charge < -0.3 is 10.6 Å². The molecule has 0 radical (unpaired) electrons. The summed E-state index contributed by atoms with van der Waals surface area (Å²) in [6.45, 7) is 2.93. The fraction of sp³-hybridized carbons (Fsp3) is 0.375. The van der Waals surface area contributed by atoms with Crippen LogP contribution in [0, 0.1) is 6.92 Å². The van der Waals surface area contributed by atoms with Crippen molar-refractivity contribution >= 4 is 38.3 Å². The number of thiazole rings is 1. The highest BCUT2D eigenvalue weighted by atomic mass is 79.9. The number of halogens is 1. The lowest BCUT2D eigenvalue weighted by atomic mass is 10.1. The van der Waals surface area contributed by atoms with E-state index in [1.54, 1.807) is 0 Å². The number of hydrogen-bond donors (Lipinski definition) is 2. The number of rotatable bonds is 7. The first-order valence-corrected chi connectivity index (χ1v) is 8.83. The second-order valence-corrected chi connectivity index (χ2v) is 7.12. The lowest BCUT2D eigenvalue weighted by molar-refractivity contribution is -0.116. The highest BCUT2D eigenvalue weighted by molar-refractivity contribution is 9.10. The first kappa shape index (κ1) is 17.1. The van der Waals surface area contributed by atoms with Crippen LogP contribution in [0.2, 0.25) is 0 Å². The Hall–Kier alpha value is -1.24. The van der Waals surface area contributed by atoms with Crippen molar-refractivity contribution in [3.63, 3.8) is 0 Å². The number of nitrogens with zero attached hydrogens (tertiary/aromatic N) is 1. The summed E-state index contributed by atoms with van der Waals surface area (Å²) >= 11 is 5.05. The normalized spacial score (nSPS) is 10.7. The van der Waals surface area contributed by atoms with Crippen LogP contribution in [0.15, 0.2) is 28.9 Å². The fourth-order valence-electron chi connectivity index (χ4n) is 2.07. The molecule has 22 heavy (non-hydrogen) atoms. The Morgan fingerprint density at radius 3 is 2.95 bits per heavy atom. The number of benzene rings is 1. The average molecular weight is 382 g/mol. The maximum atomic E-state index is 11.8. The second-order valence-electron chi connectivity index (χ2n) is 5.15. The summed E-state index contributed by atoms with van der Waals surface area (Å²) in [5.41, 5.74) is 2.47. The first-order valence-electron chi connectivity index (χ1n) is 7.22. The van der Waals surface area contributed by atoms with Crippen molar-refractivity contribution in [1.82, 2.24) is 10.3 Å². The summed E-state index contributed by atoms with van der Waals surface area (Å²) in [5, 5.41) is 6.57. The van der Waals surface area contributed by atoms with Gasteiger partial charge in [-0.1, -0.05) is 28.1 Å². The zero-order valence-corrected chi connectivity index (χ0v) is 15.2. The number of nitrogens with one attached hydrogen (secondary N) is 2. The molecule has 2 N–H and O–H groups in total. The fourth-order valence-corrected chi connectivity index (χ4v) is 3.18. The minimum Gasteiger partial charge on any atom is -0.320 e. The van der Waals surface area contributed by atoms with Gasteiger partial charge in [-0.25, -0.2) is 4.98 Å². The van der Waals surface area contributed by atoms with E-state index in [1.165, 1.54) is 22.5 Å². The molecule has 0 aliphatic rings. The van der Waals surface area contributed by atoms with E-state index in [0.717, 1.165) is 28.7 Å². The van der Waals surface area contributed by atoms with Crippen LogP contribution in [0.5, 0.6) is 0 Å². The molecule has 118 valence electrons. The number of aryl methyl sites for hydroxylation is 1. The molecule has 0 spiro atoms. The number of aromatic nitrogens is 1. The van der Waals surface area contributed by atoms with Crippen LogP contribution in [0.25, 0.3) is 0 Å². The zero-order valence-electron chi connectivity index (χ0n) is 12.8. The van der Waals surface area contributed by atoms with Gasteiger partial charge in [0.2, 0.25) is 5.91 Å². The third-order valence-electron chi connectivity index (χ3n) is 3.23. The minimum atomic E-state index is 0.0237. The van der Waals surface area contributed by atoms with Crippen LogP contribution in [-0.2, 0) is 11.2 Å². The van der Waals surface area contributed by atoms with Gasteiger partial charge in [-0.05, 0) is 44.1 Å². The van der Waals surface area contributed by atoms with Crippen molar-refractivity contribution in [1.29, 1.82) is 0 Å². The Labute approximate surface area is 143 Å². The van der Waals surface area contributed by atoms with Crippen LogP contribution in [-0.4, -0.2) is 24.5 Å². The molecule has 1 amide bonds. The van der Waals surface area contributed by atoms with Crippen molar-refractivity contribution in [2.45, 2.75) is 26.2 Å². The largest absolute Gasteiger partial charge is 0.320 e. The first-order chi connectivity index (χ1) is 10.6. The standard InChI is InChI=1S/C16H20BrN3OS/c1-11-8-12(5-6-14(11)17)9-13-10-19-16(22-13)20-15(21)4-3-7-18-2/h5-6,8,10,18H,3-4,7,9H2,1-2H3,(H,19,20,21). The van der Waals surface area contributed by atoms with E-state index >= 15 is 0 Å². The lowest BCUT2D eigenvalue weighted by Gasteiger charge is -2.03. The van der Waals surface area contributed by atoms with Gasteiger partial charge in [-0.3, -0.25) is 4.79 Å². The van der Waals surface area contributed by atoms with E-state index in [4.69, 9.17) is 0 Å². The van der Waals surface area contributed by atoms with Gasteiger partial charge in [-0.2, -0.15) is 0 Å². The van der Waals surface area contributed by atoms with E-state index in [-0.39, 0.29) is 5.91 Å². The summed E-state index contributed by atoms with van der Waals surface area (Å²) in [5.74, 6) is 0.0237. The maximum Gasteiger partial charge on any atom is 0.226 e. The molecule has 0 bridgehead atoms. The van der Waals surface area contributed by atoms with Crippen LogP contribution >= 0.6 is 27.3 Å². The Morgan fingerprint density at radius 1 is 1.41 bits per heavy atom. The SMILES string of the molecule is CNCCCC(=O)Nc1ncc(Cc2ccc(Br)c(C)c2)s1. The predicted octanol–water partition coefficient (Wildman–Crippen LogP) is 3.74. The maximum absolute atomic E-state index is 11.8. The van der Waals surface area contributed by atoms with Crippen LogP contribution < -0.4 is 10.6 Å². The van der Waals surface area contributed by atoms with E-state index < -0.39 is 0 Å². The molecule has 2 aromatic rings. The molecule has 1 aromatic heterocycles. The molecule has 0 aliphatic heterocycles. The van der Waals surface area contributed by atoms with Crippen LogP contribution in [0.4, 0.5) is 5.13 Å². The summed E-state index contributed by atoms with van der Waals surface area (Å²) in [7, 11) is 1.88. The van der Waals surface area contributed by atoms with E-state index in [2.05, 4.69) is 56.7 Å². The van der Waals surface area contributed by atoms with Gasteiger partial charge in [-0.15, -0.1) is 11.3 Å². The molecule has 1 heterocycles. The van der Waals surface area contributed by atoms with Crippen molar-refractivity contribution in [2.75, 3.05) is 18.9 Å². The summed E-state index contributed by atoms with van der Waals surface area (Å²) < 4.78 is 1.12. The van der Waals surface area contributed by atoms with Crippen LogP contribution in [0.3, 0.4) is 0 Å². The summed E-state index contributed by atoms with van der Waals surface area (Å²) in [6.07, 6.45) is 4.02.